The first-order chi connectivity index (χ1) is 23.5. The second-order valence-corrected chi connectivity index (χ2v) is 11.9. The summed E-state index contributed by atoms with van der Waals surface area (Å²) in [6, 6.07) is 30.9. The van der Waals surface area contributed by atoms with E-state index in [1.54, 1.807) is 30.3 Å². The van der Waals surface area contributed by atoms with Crippen molar-refractivity contribution in [1.29, 1.82) is 0 Å². The van der Waals surface area contributed by atoms with E-state index in [-0.39, 0.29) is 11.6 Å². The number of rotatable bonds is 21. The van der Waals surface area contributed by atoms with Crippen LogP contribution in [0.2, 0.25) is 0 Å². The van der Waals surface area contributed by atoms with Crippen LogP contribution < -0.4 is 15.4 Å². The molecule has 0 aliphatic carbocycles. The first-order valence-corrected chi connectivity index (χ1v) is 17.1. The minimum absolute atomic E-state index is 0.125. The van der Waals surface area contributed by atoms with E-state index in [9.17, 15) is 14.4 Å². The molecule has 4 aromatic carbocycles. The topological polar surface area (TPSA) is 93.7 Å². The van der Waals surface area contributed by atoms with Crippen LogP contribution >= 0.6 is 0 Å². The molecule has 7 heteroatoms. The lowest BCUT2D eigenvalue weighted by Crippen LogP contribution is -2.33. The van der Waals surface area contributed by atoms with Crippen LogP contribution in [-0.2, 0) is 16.0 Å². The van der Waals surface area contributed by atoms with Gasteiger partial charge in [0, 0.05) is 47.5 Å². The highest BCUT2D eigenvalue weighted by Crippen LogP contribution is 2.23. The number of ether oxygens (including phenoxy) is 2. The monoisotopic (exact) mass is 648 g/mol. The number of hydrogen-bond donors (Lipinski definition) is 2. The minimum atomic E-state index is -0.696. The maximum absolute atomic E-state index is 13.2. The summed E-state index contributed by atoms with van der Waals surface area (Å²) in [6.45, 7) is 3.40. The molecular weight excluding hydrogens is 600 g/mol. The lowest BCUT2D eigenvalue weighted by atomic mass is 10.00. The minimum Gasteiger partial charge on any atom is -0.494 e. The molecule has 0 aliphatic rings. The number of carbonyl (C=O) groups excluding carboxylic acids is 3. The second-order valence-electron chi connectivity index (χ2n) is 11.9. The molecule has 0 aliphatic heterocycles. The zero-order valence-corrected chi connectivity index (χ0v) is 28.2. The Labute approximate surface area is 285 Å². The van der Waals surface area contributed by atoms with Crippen LogP contribution in [-0.4, -0.2) is 43.8 Å². The Kier molecular flexibility index (Phi) is 14.7. The molecule has 0 saturated heterocycles. The SMILES string of the molecule is CCCCCCCCC(=O)c1ccccc1NCCCOc1ccc(CC(Nc2ccccc2C(=O)c2ccccc2)C(=O)OC)cc1. The van der Waals surface area contributed by atoms with Gasteiger partial charge in [-0.3, -0.25) is 9.59 Å². The van der Waals surface area contributed by atoms with E-state index in [4.69, 9.17) is 9.47 Å². The van der Waals surface area contributed by atoms with Crippen molar-refractivity contribution in [2.24, 2.45) is 0 Å². The Bertz CT molecular complexity index is 1590. The molecule has 0 spiro atoms. The predicted octanol–water partition coefficient (Wildman–Crippen LogP) is 8.93. The lowest BCUT2D eigenvalue weighted by Gasteiger charge is -2.20. The summed E-state index contributed by atoms with van der Waals surface area (Å²) in [5.41, 5.74) is 4.18. The van der Waals surface area contributed by atoms with Crippen LogP contribution in [0.4, 0.5) is 11.4 Å². The fraction of sp³-hybridized carbons (Fsp3) is 0.341. The number of carbonyl (C=O) groups is 3. The average molecular weight is 649 g/mol. The number of Topliss-reactive ketones (excluding diaryl/α,β-unsaturated/α-hetero) is 1. The molecule has 0 saturated carbocycles. The fourth-order valence-corrected chi connectivity index (χ4v) is 5.60. The largest absolute Gasteiger partial charge is 0.494 e. The van der Waals surface area contributed by atoms with Crippen molar-refractivity contribution in [1.82, 2.24) is 0 Å². The van der Waals surface area contributed by atoms with E-state index in [0.717, 1.165) is 41.8 Å². The molecule has 4 rings (SSSR count). The number of anilines is 2. The summed E-state index contributed by atoms with van der Waals surface area (Å²) in [5, 5.41) is 6.66. The Hall–Kier alpha value is -4.91. The summed E-state index contributed by atoms with van der Waals surface area (Å²) < 4.78 is 11.1. The van der Waals surface area contributed by atoms with Crippen molar-refractivity contribution in [3.05, 3.63) is 125 Å². The molecule has 48 heavy (non-hydrogen) atoms. The molecule has 4 aromatic rings. The van der Waals surface area contributed by atoms with Gasteiger partial charge in [0.25, 0.3) is 0 Å². The van der Waals surface area contributed by atoms with Gasteiger partial charge in [0.15, 0.2) is 11.6 Å². The number of para-hydroxylation sites is 2. The molecular formula is C41H48N2O5. The van der Waals surface area contributed by atoms with E-state index in [1.807, 2.05) is 72.8 Å². The molecule has 7 nitrogen and oxygen atoms in total. The average Bonchev–Trinajstić information content (AvgIpc) is 3.13. The van der Waals surface area contributed by atoms with Crippen LogP contribution in [0.5, 0.6) is 5.75 Å². The summed E-state index contributed by atoms with van der Waals surface area (Å²) in [5.74, 6) is 0.379. The Morgan fingerprint density at radius 1 is 0.688 bits per heavy atom. The van der Waals surface area contributed by atoms with Gasteiger partial charge in [-0.25, -0.2) is 4.79 Å². The van der Waals surface area contributed by atoms with Crippen LogP contribution in [0.15, 0.2) is 103 Å². The number of methoxy groups -OCH3 is 1. The zero-order chi connectivity index (χ0) is 34.0. The zero-order valence-electron chi connectivity index (χ0n) is 28.2. The van der Waals surface area contributed by atoms with E-state index < -0.39 is 12.0 Å². The highest BCUT2D eigenvalue weighted by Gasteiger charge is 2.22. The molecule has 0 amide bonds. The standard InChI is InChI=1S/C41H48N2O5/c1-3-4-5-6-7-11-23-39(44)34-19-12-14-21-36(34)42-28-16-29-48-33-26-24-31(25-27-33)30-38(41(46)47-2)43-37-22-15-13-20-35(37)40(45)32-17-9-8-10-18-32/h8-10,12-15,17-22,24-27,38,42-43H,3-7,11,16,23,28-30H2,1-2H3. The van der Waals surface area contributed by atoms with Crippen LogP contribution in [0, 0.1) is 0 Å². The fourth-order valence-electron chi connectivity index (χ4n) is 5.60. The van der Waals surface area contributed by atoms with Gasteiger partial charge >= 0.3 is 5.97 Å². The van der Waals surface area contributed by atoms with Gasteiger partial charge in [0.05, 0.1) is 13.7 Å². The highest BCUT2D eigenvalue weighted by molar-refractivity contribution is 6.12. The lowest BCUT2D eigenvalue weighted by molar-refractivity contribution is -0.141. The number of nitrogens with one attached hydrogen (secondary N) is 2. The van der Waals surface area contributed by atoms with Crippen molar-refractivity contribution >= 4 is 28.9 Å². The van der Waals surface area contributed by atoms with E-state index in [0.29, 0.717) is 42.8 Å². The third-order valence-electron chi connectivity index (χ3n) is 8.28. The summed E-state index contributed by atoms with van der Waals surface area (Å²) >= 11 is 0. The molecule has 0 fully saturated rings. The maximum atomic E-state index is 13.2. The number of ketones is 2. The summed E-state index contributed by atoms with van der Waals surface area (Å²) in [4.78, 5) is 38.8. The van der Waals surface area contributed by atoms with E-state index >= 15 is 0 Å². The molecule has 0 aromatic heterocycles. The van der Waals surface area contributed by atoms with Crippen LogP contribution in [0.25, 0.3) is 0 Å². The quantitative estimate of drug-likeness (QED) is 0.0529. The third-order valence-corrected chi connectivity index (χ3v) is 8.28. The van der Waals surface area contributed by atoms with Crippen molar-refractivity contribution < 1.29 is 23.9 Å². The number of benzene rings is 4. The first-order valence-electron chi connectivity index (χ1n) is 17.1. The third kappa shape index (κ3) is 11.1. The van der Waals surface area contributed by atoms with Crippen molar-refractivity contribution in [2.45, 2.75) is 70.8 Å². The summed E-state index contributed by atoms with van der Waals surface area (Å²) in [7, 11) is 1.36. The van der Waals surface area contributed by atoms with Gasteiger partial charge in [-0.2, -0.15) is 0 Å². The molecule has 0 bridgehead atoms. The molecule has 1 atom stereocenters. The van der Waals surface area contributed by atoms with Gasteiger partial charge < -0.3 is 20.1 Å². The molecule has 2 N–H and O–H groups in total. The van der Waals surface area contributed by atoms with Crippen molar-refractivity contribution in [2.75, 3.05) is 30.9 Å². The molecule has 0 radical (unpaired) electrons. The van der Waals surface area contributed by atoms with Gasteiger partial charge in [0.2, 0.25) is 0 Å². The maximum Gasteiger partial charge on any atom is 0.328 e. The smallest absolute Gasteiger partial charge is 0.328 e. The van der Waals surface area contributed by atoms with Gasteiger partial charge in [-0.15, -0.1) is 0 Å². The second kappa shape index (κ2) is 19.7. The Balaban J connectivity index is 1.25. The predicted molar refractivity (Wildman–Crippen MR) is 193 cm³/mol. The Morgan fingerprint density at radius 3 is 2.06 bits per heavy atom. The normalized spacial score (nSPS) is 11.4. The molecule has 0 heterocycles. The van der Waals surface area contributed by atoms with E-state index in [1.165, 1.54) is 32.8 Å². The van der Waals surface area contributed by atoms with Crippen LogP contribution in [0.1, 0.15) is 90.1 Å². The van der Waals surface area contributed by atoms with Crippen LogP contribution in [0.3, 0.4) is 0 Å². The number of esters is 1. The molecule has 1 unspecified atom stereocenters. The first kappa shape index (κ1) is 35.9. The Morgan fingerprint density at radius 2 is 1.33 bits per heavy atom. The van der Waals surface area contributed by atoms with Gasteiger partial charge in [-0.1, -0.05) is 106 Å². The van der Waals surface area contributed by atoms with Crippen molar-refractivity contribution in [3.8, 4) is 5.75 Å². The number of unbranched alkanes of at least 4 members (excludes halogenated alkanes) is 5. The van der Waals surface area contributed by atoms with Gasteiger partial charge in [-0.05, 0) is 54.8 Å². The summed E-state index contributed by atoms with van der Waals surface area (Å²) in [6.07, 6.45) is 8.69. The molecule has 252 valence electrons. The van der Waals surface area contributed by atoms with E-state index in [2.05, 4.69) is 17.6 Å². The number of hydrogen-bond acceptors (Lipinski definition) is 7. The highest BCUT2D eigenvalue weighted by atomic mass is 16.5. The van der Waals surface area contributed by atoms with Gasteiger partial charge in [0.1, 0.15) is 11.8 Å². The van der Waals surface area contributed by atoms with Crippen molar-refractivity contribution in [3.63, 3.8) is 0 Å².